The maximum Gasteiger partial charge on any atom is 0.347 e. The molecule has 0 spiro atoms. The fraction of sp³-hybridized carbons (Fsp3) is 0.400. The molecule has 0 aliphatic heterocycles. The predicted molar refractivity (Wildman–Crippen MR) is 75.4 cm³/mol. The smallest absolute Gasteiger partial charge is 0.347 e. The van der Waals surface area contributed by atoms with Gasteiger partial charge in [-0.3, -0.25) is 0 Å². The van der Waals surface area contributed by atoms with Crippen LogP contribution in [0.3, 0.4) is 0 Å². The van der Waals surface area contributed by atoms with Crippen molar-refractivity contribution in [2.75, 3.05) is 6.61 Å². The number of fused-ring (bicyclic) bond motifs is 1. The molecule has 1 aromatic heterocycles. The summed E-state index contributed by atoms with van der Waals surface area (Å²) in [7, 11) is 0. The van der Waals surface area contributed by atoms with Gasteiger partial charge < -0.3 is 19.7 Å². The maximum absolute atomic E-state index is 12.1. The molecule has 0 saturated carbocycles. The quantitative estimate of drug-likeness (QED) is 0.801. The van der Waals surface area contributed by atoms with E-state index in [1.807, 2.05) is 6.92 Å². The number of phenolic OH excluding ortho intramolecular Hbond substituents is 2. The highest BCUT2D eigenvalue weighted by Gasteiger charge is 2.20. The molecule has 5 heteroatoms. The minimum Gasteiger partial charge on any atom is -0.508 e. The lowest BCUT2D eigenvalue weighted by Crippen LogP contribution is -2.09. The molecule has 0 bridgehead atoms. The maximum atomic E-state index is 12.1. The summed E-state index contributed by atoms with van der Waals surface area (Å²) in [6, 6.07) is 1.46. The number of aliphatic hydroxyl groups is 1. The van der Waals surface area contributed by atoms with Crippen LogP contribution in [0.15, 0.2) is 15.3 Å². The summed E-state index contributed by atoms with van der Waals surface area (Å²) in [5.74, 6) is 0.0320. The van der Waals surface area contributed by atoms with Gasteiger partial charge in [-0.15, -0.1) is 0 Å². The first-order valence-electron chi connectivity index (χ1n) is 6.48. The second-order valence-electron chi connectivity index (χ2n) is 5.08. The number of aromatic hydroxyl groups is 2. The van der Waals surface area contributed by atoms with Gasteiger partial charge in [0.15, 0.2) is 0 Å². The van der Waals surface area contributed by atoms with Crippen molar-refractivity contribution in [3.63, 3.8) is 0 Å². The molecule has 1 atom stereocenters. The van der Waals surface area contributed by atoms with Crippen LogP contribution in [0.4, 0.5) is 0 Å². The molecule has 0 radical (unpaired) electrons. The van der Waals surface area contributed by atoms with E-state index in [9.17, 15) is 15.0 Å². The molecule has 2 aromatic rings. The Morgan fingerprint density at radius 2 is 1.90 bits per heavy atom. The van der Waals surface area contributed by atoms with E-state index >= 15 is 0 Å². The summed E-state index contributed by atoms with van der Waals surface area (Å²) >= 11 is 0. The molecule has 3 N–H and O–H groups in total. The van der Waals surface area contributed by atoms with Crippen LogP contribution in [0.25, 0.3) is 10.8 Å². The fourth-order valence-electron chi connectivity index (χ4n) is 2.41. The van der Waals surface area contributed by atoms with Crippen molar-refractivity contribution in [2.45, 2.75) is 33.1 Å². The van der Waals surface area contributed by atoms with Crippen LogP contribution in [-0.4, -0.2) is 21.9 Å². The van der Waals surface area contributed by atoms with E-state index in [0.29, 0.717) is 23.1 Å². The van der Waals surface area contributed by atoms with Crippen molar-refractivity contribution < 1.29 is 19.7 Å². The molecule has 108 valence electrons. The van der Waals surface area contributed by atoms with Gasteiger partial charge in [-0.2, -0.15) is 0 Å². The zero-order valence-electron chi connectivity index (χ0n) is 11.7. The van der Waals surface area contributed by atoms with Crippen LogP contribution in [0, 0.1) is 13.8 Å². The minimum atomic E-state index is -0.633. The molecule has 1 heterocycles. The summed E-state index contributed by atoms with van der Waals surface area (Å²) in [5.41, 5.74) is 0.303. The molecule has 1 unspecified atom stereocenters. The van der Waals surface area contributed by atoms with Crippen LogP contribution in [0.5, 0.6) is 11.5 Å². The normalized spacial score (nSPS) is 12.8. The summed E-state index contributed by atoms with van der Waals surface area (Å²) < 4.78 is 5.30. The molecular formula is C15H18O5. The van der Waals surface area contributed by atoms with E-state index in [0.717, 1.165) is 0 Å². The van der Waals surface area contributed by atoms with Gasteiger partial charge >= 0.3 is 5.63 Å². The van der Waals surface area contributed by atoms with E-state index in [-0.39, 0.29) is 35.0 Å². The zero-order chi connectivity index (χ0) is 15.0. The Hall–Kier alpha value is -2.01. The number of rotatable bonds is 3. The lowest BCUT2D eigenvalue weighted by molar-refractivity contribution is 0.269. The number of hydrogen-bond acceptors (Lipinski definition) is 5. The van der Waals surface area contributed by atoms with Gasteiger partial charge in [0.2, 0.25) is 0 Å². The van der Waals surface area contributed by atoms with E-state index in [2.05, 4.69) is 0 Å². The van der Waals surface area contributed by atoms with E-state index < -0.39 is 5.63 Å². The van der Waals surface area contributed by atoms with Crippen LogP contribution < -0.4 is 5.63 Å². The Labute approximate surface area is 116 Å². The first kappa shape index (κ1) is 14.4. The first-order chi connectivity index (χ1) is 9.38. The van der Waals surface area contributed by atoms with Crippen molar-refractivity contribution >= 4 is 10.8 Å². The number of aliphatic hydroxyl groups excluding tert-OH is 1. The Kier molecular flexibility index (Phi) is 3.72. The van der Waals surface area contributed by atoms with Gasteiger partial charge in [-0.1, -0.05) is 6.92 Å². The molecule has 0 aliphatic carbocycles. The molecule has 0 saturated heterocycles. The molecule has 0 fully saturated rings. The second-order valence-corrected chi connectivity index (χ2v) is 5.08. The Morgan fingerprint density at radius 3 is 2.50 bits per heavy atom. The van der Waals surface area contributed by atoms with Crippen molar-refractivity contribution in [1.82, 2.24) is 0 Å². The highest BCUT2D eigenvalue weighted by Crippen LogP contribution is 2.36. The highest BCUT2D eigenvalue weighted by atomic mass is 16.4. The zero-order valence-corrected chi connectivity index (χ0v) is 11.7. The standard InChI is InChI=1S/C15H18O5/c1-7(4-5-16)14-8(2)10-6-11(17)9(3)13(18)12(10)15(19)20-14/h6-7,16-18H,4-5H2,1-3H3. The van der Waals surface area contributed by atoms with Gasteiger partial charge in [-0.25, -0.2) is 4.79 Å². The van der Waals surface area contributed by atoms with Gasteiger partial charge in [0.1, 0.15) is 22.6 Å². The molecular weight excluding hydrogens is 260 g/mol. The van der Waals surface area contributed by atoms with E-state index in [1.165, 1.54) is 13.0 Å². The lowest BCUT2D eigenvalue weighted by atomic mass is 9.96. The molecule has 1 aromatic carbocycles. The Bertz CT molecular complexity index is 715. The summed E-state index contributed by atoms with van der Waals surface area (Å²) in [5, 5.41) is 29.4. The van der Waals surface area contributed by atoms with Crippen LogP contribution in [0.1, 0.15) is 36.1 Å². The average molecular weight is 278 g/mol. The third-order valence-electron chi connectivity index (χ3n) is 3.72. The van der Waals surface area contributed by atoms with Crippen molar-refractivity contribution in [1.29, 1.82) is 0 Å². The number of phenols is 2. The monoisotopic (exact) mass is 278 g/mol. The van der Waals surface area contributed by atoms with Gasteiger partial charge in [0, 0.05) is 23.5 Å². The summed E-state index contributed by atoms with van der Waals surface area (Å²) in [6.45, 7) is 5.14. The average Bonchev–Trinajstić information content (AvgIpc) is 2.40. The molecule has 0 aliphatic rings. The SMILES string of the molecule is Cc1c(O)cc2c(C)c(C(C)CCO)oc(=O)c2c1O. The minimum absolute atomic E-state index is 0.00719. The first-order valence-corrected chi connectivity index (χ1v) is 6.48. The number of benzene rings is 1. The van der Waals surface area contributed by atoms with Crippen molar-refractivity contribution in [3.05, 3.63) is 33.4 Å². The van der Waals surface area contributed by atoms with E-state index in [4.69, 9.17) is 9.52 Å². The molecule has 2 rings (SSSR count). The van der Waals surface area contributed by atoms with Gasteiger partial charge in [0.05, 0.1) is 0 Å². The van der Waals surface area contributed by atoms with Crippen LogP contribution >= 0.6 is 0 Å². The Morgan fingerprint density at radius 1 is 1.25 bits per heavy atom. The lowest BCUT2D eigenvalue weighted by Gasteiger charge is -2.15. The summed E-state index contributed by atoms with van der Waals surface area (Å²) in [6.07, 6.45) is 0.471. The van der Waals surface area contributed by atoms with Crippen LogP contribution in [-0.2, 0) is 0 Å². The van der Waals surface area contributed by atoms with E-state index in [1.54, 1.807) is 6.92 Å². The largest absolute Gasteiger partial charge is 0.508 e. The van der Waals surface area contributed by atoms with Crippen LogP contribution in [0.2, 0.25) is 0 Å². The highest BCUT2D eigenvalue weighted by molar-refractivity contribution is 5.92. The topological polar surface area (TPSA) is 90.9 Å². The molecule has 20 heavy (non-hydrogen) atoms. The predicted octanol–water partition coefficient (Wildman–Crippen LogP) is 2.31. The second kappa shape index (κ2) is 5.17. The Balaban J connectivity index is 2.83. The molecule has 0 amide bonds. The molecule has 5 nitrogen and oxygen atoms in total. The third kappa shape index (κ3) is 2.14. The fourth-order valence-corrected chi connectivity index (χ4v) is 2.41. The van der Waals surface area contributed by atoms with Crippen molar-refractivity contribution in [3.8, 4) is 11.5 Å². The number of aryl methyl sites for hydroxylation is 1. The van der Waals surface area contributed by atoms with Gasteiger partial charge in [0.25, 0.3) is 0 Å². The van der Waals surface area contributed by atoms with Crippen molar-refractivity contribution in [2.24, 2.45) is 0 Å². The summed E-state index contributed by atoms with van der Waals surface area (Å²) in [4.78, 5) is 12.1. The number of hydrogen-bond donors (Lipinski definition) is 3. The third-order valence-corrected chi connectivity index (χ3v) is 3.72. The van der Waals surface area contributed by atoms with Gasteiger partial charge in [-0.05, 0) is 31.9 Å².